The van der Waals surface area contributed by atoms with Gasteiger partial charge in [0.1, 0.15) is 17.8 Å². The first-order valence-corrected chi connectivity index (χ1v) is 9.87. The number of nitrogens with zero attached hydrogens (tertiary/aromatic N) is 3. The van der Waals surface area contributed by atoms with Gasteiger partial charge in [-0.3, -0.25) is 9.78 Å². The second kappa shape index (κ2) is 8.87. The quantitative estimate of drug-likeness (QED) is 0.436. The number of carbonyl (C=O) groups excluding carboxylic acids is 1. The Hall–Kier alpha value is -3.87. The van der Waals surface area contributed by atoms with Gasteiger partial charge in [0.2, 0.25) is 5.89 Å². The smallest absolute Gasteiger partial charge is 0.276 e. The van der Waals surface area contributed by atoms with Gasteiger partial charge in [-0.05, 0) is 53.6 Å². The zero-order chi connectivity index (χ0) is 21.8. The number of benzene rings is 2. The zero-order valence-electron chi connectivity index (χ0n) is 17.6. The van der Waals surface area contributed by atoms with Crippen LogP contribution >= 0.6 is 0 Å². The summed E-state index contributed by atoms with van der Waals surface area (Å²) in [6.07, 6.45) is 4.81. The van der Waals surface area contributed by atoms with E-state index >= 15 is 0 Å². The summed E-state index contributed by atoms with van der Waals surface area (Å²) in [5, 5.41) is 2.09. The van der Waals surface area contributed by atoms with Crippen molar-refractivity contribution in [2.75, 3.05) is 14.2 Å². The lowest BCUT2D eigenvalue weighted by atomic mass is 10.1. The van der Waals surface area contributed by atoms with Gasteiger partial charge in [0, 0.05) is 19.4 Å². The van der Waals surface area contributed by atoms with Gasteiger partial charge in [0.05, 0.1) is 13.2 Å². The molecule has 4 aromatic rings. The number of amides is 1. The average molecular weight is 417 g/mol. The van der Waals surface area contributed by atoms with Crippen LogP contribution in [0.5, 0.6) is 11.5 Å². The summed E-state index contributed by atoms with van der Waals surface area (Å²) in [5.74, 6) is 1.56. The molecule has 0 saturated carbocycles. The second-order valence-electron chi connectivity index (χ2n) is 7.17. The summed E-state index contributed by atoms with van der Waals surface area (Å²) < 4.78 is 16.5. The molecule has 0 spiro atoms. The van der Waals surface area contributed by atoms with Crippen LogP contribution in [0.3, 0.4) is 0 Å². The molecule has 2 heterocycles. The average Bonchev–Trinajstić information content (AvgIpc) is 3.30. The Balaban J connectivity index is 1.42. The summed E-state index contributed by atoms with van der Waals surface area (Å²) in [4.78, 5) is 22.8. The molecular formula is C24H23N3O4. The number of methoxy groups -OCH3 is 1. The van der Waals surface area contributed by atoms with Crippen LogP contribution in [-0.4, -0.2) is 34.9 Å². The molecule has 2 aromatic heterocycles. The highest BCUT2D eigenvalue weighted by Crippen LogP contribution is 2.25. The monoisotopic (exact) mass is 417 g/mol. The molecule has 1 amide bonds. The largest absolute Gasteiger partial charge is 0.497 e. The van der Waals surface area contributed by atoms with Crippen molar-refractivity contribution in [1.82, 2.24) is 14.9 Å². The number of fused-ring (bicyclic) bond motifs is 1. The molecule has 0 bridgehead atoms. The first-order chi connectivity index (χ1) is 15.0. The first-order valence-electron chi connectivity index (χ1n) is 9.87. The Kier molecular flexibility index (Phi) is 5.84. The van der Waals surface area contributed by atoms with Crippen molar-refractivity contribution in [1.29, 1.82) is 0 Å². The van der Waals surface area contributed by atoms with Crippen LogP contribution in [0.1, 0.15) is 34.9 Å². The molecule has 0 radical (unpaired) electrons. The Bertz CT molecular complexity index is 1190. The van der Waals surface area contributed by atoms with Crippen LogP contribution in [-0.2, 0) is 6.61 Å². The minimum Gasteiger partial charge on any atom is -0.497 e. The number of aromatic nitrogens is 2. The molecule has 0 saturated heterocycles. The maximum absolute atomic E-state index is 12.8. The Morgan fingerprint density at radius 2 is 1.90 bits per heavy atom. The van der Waals surface area contributed by atoms with Gasteiger partial charge in [-0.25, -0.2) is 4.98 Å². The maximum Gasteiger partial charge on any atom is 0.276 e. The van der Waals surface area contributed by atoms with E-state index in [0.717, 1.165) is 22.1 Å². The van der Waals surface area contributed by atoms with Crippen LogP contribution < -0.4 is 9.47 Å². The number of carbonyl (C=O) groups is 1. The number of oxazole rings is 1. The van der Waals surface area contributed by atoms with Gasteiger partial charge in [0.25, 0.3) is 5.91 Å². The van der Waals surface area contributed by atoms with Crippen molar-refractivity contribution < 1.29 is 18.7 Å². The molecule has 2 aromatic carbocycles. The molecule has 0 N–H and O–H groups in total. The van der Waals surface area contributed by atoms with E-state index in [1.165, 1.54) is 6.26 Å². The lowest BCUT2D eigenvalue weighted by Crippen LogP contribution is -2.30. The number of ether oxygens (including phenoxy) is 2. The van der Waals surface area contributed by atoms with Gasteiger partial charge in [-0.1, -0.05) is 18.2 Å². The van der Waals surface area contributed by atoms with Crippen molar-refractivity contribution in [3.05, 3.63) is 84.3 Å². The minimum absolute atomic E-state index is 0.116. The van der Waals surface area contributed by atoms with E-state index in [-0.39, 0.29) is 24.2 Å². The Morgan fingerprint density at radius 3 is 2.65 bits per heavy atom. The standard InChI is InChI=1S/C24H23N3O4/c1-16(18-5-4-10-25-13-18)27(2)24(28)22-14-31-23(26-22)15-30-21-9-7-17-6-8-20(29-3)11-19(17)12-21/h4-14,16H,15H2,1-3H3. The van der Waals surface area contributed by atoms with E-state index in [0.29, 0.717) is 11.6 Å². The van der Waals surface area contributed by atoms with Gasteiger partial charge in [0.15, 0.2) is 12.3 Å². The van der Waals surface area contributed by atoms with E-state index in [2.05, 4.69) is 9.97 Å². The van der Waals surface area contributed by atoms with Crippen LogP contribution in [0, 0.1) is 0 Å². The molecule has 1 unspecified atom stereocenters. The lowest BCUT2D eigenvalue weighted by Gasteiger charge is -2.24. The third-order valence-electron chi connectivity index (χ3n) is 5.22. The van der Waals surface area contributed by atoms with Crippen molar-refractivity contribution in [3.63, 3.8) is 0 Å². The third kappa shape index (κ3) is 4.50. The highest BCUT2D eigenvalue weighted by molar-refractivity contribution is 5.92. The lowest BCUT2D eigenvalue weighted by molar-refractivity contribution is 0.0736. The third-order valence-corrected chi connectivity index (χ3v) is 5.22. The van der Waals surface area contributed by atoms with Gasteiger partial charge in [-0.15, -0.1) is 0 Å². The molecular weight excluding hydrogens is 394 g/mol. The molecule has 0 fully saturated rings. The SMILES string of the molecule is COc1ccc2ccc(OCc3nc(C(=O)N(C)C(C)c4cccnc4)co3)cc2c1. The highest BCUT2D eigenvalue weighted by atomic mass is 16.5. The summed E-state index contributed by atoms with van der Waals surface area (Å²) in [6, 6.07) is 15.3. The van der Waals surface area contributed by atoms with Crippen molar-refractivity contribution in [2.24, 2.45) is 0 Å². The van der Waals surface area contributed by atoms with Crippen LogP contribution in [0.15, 0.2) is 71.6 Å². The molecule has 31 heavy (non-hydrogen) atoms. The minimum atomic E-state index is -0.232. The fourth-order valence-electron chi connectivity index (χ4n) is 3.24. The fraction of sp³-hybridized carbons (Fsp3) is 0.208. The van der Waals surface area contributed by atoms with Crippen molar-refractivity contribution in [3.8, 4) is 11.5 Å². The number of hydrogen-bond donors (Lipinski definition) is 0. The van der Waals surface area contributed by atoms with Gasteiger partial charge in [-0.2, -0.15) is 0 Å². The number of hydrogen-bond acceptors (Lipinski definition) is 6. The first kappa shape index (κ1) is 20.4. The van der Waals surface area contributed by atoms with Crippen LogP contribution in [0.2, 0.25) is 0 Å². The van der Waals surface area contributed by atoms with E-state index in [4.69, 9.17) is 13.9 Å². The van der Waals surface area contributed by atoms with E-state index in [9.17, 15) is 4.79 Å². The zero-order valence-corrected chi connectivity index (χ0v) is 17.6. The predicted molar refractivity (Wildman–Crippen MR) is 116 cm³/mol. The molecule has 1 atom stereocenters. The number of rotatable bonds is 7. The fourth-order valence-corrected chi connectivity index (χ4v) is 3.24. The summed E-state index contributed by atoms with van der Waals surface area (Å²) >= 11 is 0. The van der Waals surface area contributed by atoms with E-state index < -0.39 is 0 Å². The van der Waals surface area contributed by atoms with E-state index in [1.54, 1.807) is 31.5 Å². The van der Waals surface area contributed by atoms with Crippen LogP contribution in [0.25, 0.3) is 10.8 Å². The topological polar surface area (TPSA) is 77.7 Å². The Labute approximate surface area is 180 Å². The van der Waals surface area contributed by atoms with Gasteiger partial charge >= 0.3 is 0 Å². The summed E-state index contributed by atoms with van der Waals surface area (Å²) in [7, 11) is 3.37. The molecule has 158 valence electrons. The molecule has 7 heteroatoms. The highest BCUT2D eigenvalue weighted by Gasteiger charge is 2.22. The van der Waals surface area contributed by atoms with Gasteiger partial charge < -0.3 is 18.8 Å². The molecule has 0 aliphatic heterocycles. The molecule has 7 nitrogen and oxygen atoms in total. The normalized spacial score (nSPS) is 11.8. The van der Waals surface area contributed by atoms with Crippen molar-refractivity contribution in [2.45, 2.75) is 19.6 Å². The summed E-state index contributed by atoms with van der Waals surface area (Å²) in [5.41, 5.74) is 1.18. The number of pyridine rings is 1. The summed E-state index contributed by atoms with van der Waals surface area (Å²) in [6.45, 7) is 2.05. The van der Waals surface area contributed by atoms with E-state index in [1.807, 2.05) is 55.5 Å². The predicted octanol–water partition coefficient (Wildman–Crippen LogP) is 4.64. The maximum atomic E-state index is 12.8. The Morgan fingerprint density at radius 1 is 1.13 bits per heavy atom. The molecule has 0 aliphatic rings. The second-order valence-corrected chi connectivity index (χ2v) is 7.17. The molecule has 0 aliphatic carbocycles. The van der Waals surface area contributed by atoms with Crippen molar-refractivity contribution >= 4 is 16.7 Å². The molecule has 4 rings (SSSR count). The van der Waals surface area contributed by atoms with Crippen LogP contribution in [0.4, 0.5) is 0 Å².